The Morgan fingerprint density at radius 2 is 2.25 bits per heavy atom. The van der Waals surface area contributed by atoms with Crippen LogP contribution in [0.5, 0.6) is 5.88 Å². The van der Waals surface area contributed by atoms with Crippen LogP contribution in [0.2, 0.25) is 0 Å². The van der Waals surface area contributed by atoms with Crippen molar-refractivity contribution in [3.05, 3.63) is 52.6 Å². The second-order valence-electron chi connectivity index (χ2n) is 4.35. The number of ether oxygens (including phenoxy) is 1. The summed E-state index contributed by atoms with van der Waals surface area (Å²) in [6.07, 6.45) is 1.64. The van der Waals surface area contributed by atoms with Crippen LogP contribution in [0.25, 0.3) is 11.1 Å². The number of benzene rings is 1. The van der Waals surface area contributed by atoms with Crippen LogP contribution in [0.4, 0.5) is 5.69 Å². The van der Waals surface area contributed by atoms with Crippen molar-refractivity contribution in [3.8, 4) is 5.88 Å². The van der Waals surface area contributed by atoms with Crippen molar-refractivity contribution >= 4 is 16.8 Å². The molecule has 0 unspecified atom stereocenters. The molecule has 1 aromatic carbocycles. The molecule has 0 saturated carbocycles. The summed E-state index contributed by atoms with van der Waals surface area (Å²) in [5, 5.41) is 0. The molecular weight excluding hydrogens is 258 g/mol. The molecule has 6 nitrogen and oxygen atoms in total. The van der Waals surface area contributed by atoms with Gasteiger partial charge in [-0.3, -0.25) is 4.57 Å². The van der Waals surface area contributed by atoms with E-state index in [-0.39, 0.29) is 0 Å². The Morgan fingerprint density at radius 3 is 3.05 bits per heavy atom. The summed E-state index contributed by atoms with van der Waals surface area (Å²) in [4.78, 5) is 16.1. The number of nitrogens with zero attached hydrogens (tertiary/aromatic N) is 2. The minimum atomic E-state index is -0.434. The van der Waals surface area contributed by atoms with Gasteiger partial charge < -0.3 is 14.9 Å². The van der Waals surface area contributed by atoms with Gasteiger partial charge in [-0.25, -0.2) is 9.78 Å². The highest BCUT2D eigenvalue weighted by Crippen LogP contribution is 2.20. The number of aromatic nitrogens is 2. The van der Waals surface area contributed by atoms with E-state index in [0.29, 0.717) is 29.2 Å². The van der Waals surface area contributed by atoms with Gasteiger partial charge in [-0.15, -0.1) is 0 Å². The van der Waals surface area contributed by atoms with Crippen molar-refractivity contribution in [2.75, 3.05) is 12.8 Å². The first kappa shape index (κ1) is 12.3. The predicted octanol–water partition coefficient (Wildman–Crippen LogP) is 1.63. The van der Waals surface area contributed by atoms with Crippen LogP contribution in [-0.2, 0) is 6.54 Å². The number of pyridine rings is 1. The molecular formula is C14H13N3O3. The van der Waals surface area contributed by atoms with Gasteiger partial charge >= 0.3 is 5.76 Å². The SMILES string of the molecule is COc1ncccc1Cn1c(=O)oc2ccc(N)cc21. The smallest absolute Gasteiger partial charge is 0.420 e. The van der Waals surface area contributed by atoms with E-state index in [4.69, 9.17) is 14.9 Å². The lowest BCUT2D eigenvalue weighted by molar-refractivity contribution is 0.390. The zero-order valence-corrected chi connectivity index (χ0v) is 10.9. The molecule has 0 aliphatic rings. The molecule has 3 aromatic rings. The zero-order valence-electron chi connectivity index (χ0n) is 10.9. The van der Waals surface area contributed by atoms with Gasteiger partial charge in [0.05, 0.1) is 19.2 Å². The van der Waals surface area contributed by atoms with Gasteiger partial charge in [0, 0.05) is 17.4 Å². The minimum Gasteiger partial charge on any atom is -0.481 e. The first-order valence-corrected chi connectivity index (χ1v) is 6.06. The third-order valence-corrected chi connectivity index (χ3v) is 3.06. The molecule has 3 rings (SSSR count). The highest BCUT2D eigenvalue weighted by molar-refractivity contribution is 5.77. The largest absolute Gasteiger partial charge is 0.481 e. The topological polar surface area (TPSA) is 83.3 Å². The van der Waals surface area contributed by atoms with E-state index in [0.717, 1.165) is 5.56 Å². The number of methoxy groups -OCH3 is 1. The summed E-state index contributed by atoms with van der Waals surface area (Å²) in [5.74, 6) is 0.0501. The van der Waals surface area contributed by atoms with Gasteiger partial charge in [0.2, 0.25) is 5.88 Å². The summed E-state index contributed by atoms with van der Waals surface area (Å²) in [7, 11) is 1.54. The van der Waals surface area contributed by atoms with Crippen LogP contribution in [0.1, 0.15) is 5.56 Å². The van der Waals surface area contributed by atoms with Gasteiger partial charge in [0.15, 0.2) is 5.58 Å². The van der Waals surface area contributed by atoms with E-state index in [1.165, 1.54) is 4.57 Å². The average molecular weight is 271 g/mol. The molecule has 0 spiro atoms. The Balaban J connectivity index is 2.13. The average Bonchev–Trinajstić information content (AvgIpc) is 2.76. The Hall–Kier alpha value is -2.76. The van der Waals surface area contributed by atoms with E-state index in [1.54, 1.807) is 37.6 Å². The van der Waals surface area contributed by atoms with Crippen molar-refractivity contribution in [2.24, 2.45) is 0 Å². The number of nitrogen functional groups attached to an aromatic ring is 1. The summed E-state index contributed by atoms with van der Waals surface area (Å²) in [6, 6.07) is 8.73. The molecule has 6 heteroatoms. The number of oxazole rings is 1. The number of anilines is 1. The first-order chi connectivity index (χ1) is 9.69. The summed E-state index contributed by atoms with van der Waals surface area (Å²) < 4.78 is 11.9. The van der Waals surface area contributed by atoms with Crippen LogP contribution >= 0.6 is 0 Å². The van der Waals surface area contributed by atoms with Crippen LogP contribution in [0.3, 0.4) is 0 Å². The fraction of sp³-hybridized carbons (Fsp3) is 0.143. The number of hydrogen-bond acceptors (Lipinski definition) is 5. The number of rotatable bonds is 3. The van der Waals surface area contributed by atoms with Gasteiger partial charge in [-0.05, 0) is 24.3 Å². The van der Waals surface area contributed by atoms with Gasteiger partial charge in [0.25, 0.3) is 0 Å². The Kier molecular flexibility index (Phi) is 2.90. The van der Waals surface area contributed by atoms with E-state index in [9.17, 15) is 4.79 Å². The zero-order chi connectivity index (χ0) is 14.1. The number of fused-ring (bicyclic) bond motifs is 1. The Bertz CT molecular complexity index is 820. The number of hydrogen-bond donors (Lipinski definition) is 1. The third-order valence-electron chi connectivity index (χ3n) is 3.06. The molecule has 0 saturated heterocycles. The minimum absolute atomic E-state index is 0.312. The van der Waals surface area contributed by atoms with Crippen LogP contribution < -0.4 is 16.2 Å². The molecule has 0 atom stereocenters. The lowest BCUT2D eigenvalue weighted by atomic mass is 10.2. The third kappa shape index (κ3) is 2.01. The fourth-order valence-corrected chi connectivity index (χ4v) is 2.13. The van der Waals surface area contributed by atoms with E-state index in [2.05, 4.69) is 4.98 Å². The first-order valence-electron chi connectivity index (χ1n) is 6.06. The molecule has 0 radical (unpaired) electrons. The van der Waals surface area contributed by atoms with E-state index in [1.807, 2.05) is 6.07 Å². The van der Waals surface area contributed by atoms with Gasteiger partial charge in [0.1, 0.15) is 0 Å². The molecule has 0 amide bonds. The van der Waals surface area contributed by atoms with Gasteiger partial charge in [-0.1, -0.05) is 6.07 Å². The second kappa shape index (κ2) is 4.73. The van der Waals surface area contributed by atoms with Crippen LogP contribution in [0.15, 0.2) is 45.7 Å². The lowest BCUT2D eigenvalue weighted by Gasteiger charge is -2.07. The molecule has 2 N–H and O–H groups in total. The lowest BCUT2D eigenvalue weighted by Crippen LogP contribution is -2.15. The molecule has 0 fully saturated rings. The molecule has 2 aromatic heterocycles. The molecule has 0 aliphatic heterocycles. The molecule has 2 heterocycles. The molecule has 0 aliphatic carbocycles. The van der Waals surface area contributed by atoms with Crippen molar-refractivity contribution in [3.63, 3.8) is 0 Å². The Morgan fingerprint density at radius 1 is 1.40 bits per heavy atom. The normalized spacial score (nSPS) is 10.8. The summed E-state index contributed by atoms with van der Waals surface area (Å²) in [6.45, 7) is 0.312. The number of nitrogens with two attached hydrogens (primary N) is 1. The second-order valence-corrected chi connectivity index (χ2v) is 4.35. The van der Waals surface area contributed by atoms with Crippen molar-refractivity contribution in [1.29, 1.82) is 0 Å². The van der Waals surface area contributed by atoms with Crippen LogP contribution in [0, 0.1) is 0 Å². The molecule has 0 bridgehead atoms. The maximum absolute atomic E-state index is 11.9. The Labute approximate surface area is 114 Å². The maximum Gasteiger partial charge on any atom is 0.420 e. The molecule has 20 heavy (non-hydrogen) atoms. The van der Waals surface area contributed by atoms with Crippen LogP contribution in [-0.4, -0.2) is 16.7 Å². The maximum atomic E-state index is 11.9. The predicted molar refractivity (Wildman–Crippen MR) is 74.8 cm³/mol. The monoisotopic (exact) mass is 271 g/mol. The van der Waals surface area contributed by atoms with E-state index >= 15 is 0 Å². The fourth-order valence-electron chi connectivity index (χ4n) is 2.13. The van der Waals surface area contributed by atoms with Crippen molar-refractivity contribution in [1.82, 2.24) is 9.55 Å². The highest BCUT2D eigenvalue weighted by atomic mass is 16.5. The highest BCUT2D eigenvalue weighted by Gasteiger charge is 2.12. The van der Waals surface area contributed by atoms with E-state index < -0.39 is 5.76 Å². The summed E-state index contributed by atoms with van der Waals surface area (Å²) in [5.41, 5.74) is 8.29. The summed E-state index contributed by atoms with van der Waals surface area (Å²) >= 11 is 0. The molecule has 102 valence electrons. The van der Waals surface area contributed by atoms with Crippen molar-refractivity contribution in [2.45, 2.75) is 6.54 Å². The van der Waals surface area contributed by atoms with Crippen molar-refractivity contribution < 1.29 is 9.15 Å². The quantitative estimate of drug-likeness (QED) is 0.732. The standard InChI is InChI=1S/C14H13N3O3/c1-19-13-9(3-2-6-16-13)8-17-11-7-10(15)4-5-12(11)20-14(17)18/h2-7H,8,15H2,1H3. The van der Waals surface area contributed by atoms with Gasteiger partial charge in [-0.2, -0.15) is 0 Å².